The maximum absolute atomic E-state index is 12.2. The number of likely N-dealkylation sites (tertiary alicyclic amines) is 1. The van der Waals surface area contributed by atoms with E-state index in [2.05, 4.69) is 17.2 Å². The van der Waals surface area contributed by atoms with Gasteiger partial charge in [0, 0.05) is 31.9 Å². The lowest BCUT2D eigenvalue weighted by Crippen LogP contribution is -2.45. The van der Waals surface area contributed by atoms with E-state index in [1.165, 1.54) is 0 Å². The second-order valence-electron chi connectivity index (χ2n) is 7.32. The quantitative estimate of drug-likeness (QED) is 0.924. The van der Waals surface area contributed by atoms with Crippen LogP contribution in [0.5, 0.6) is 0 Å². The predicted octanol–water partition coefficient (Wildman–Crippen LogP) is 3.38. The van der Waals surface area contributed by atoms with E-state index in [1.807, 2.05) is 50.1 Å². The average molecular weight is 319 g/mol. The van der Waals surface area contributed by atoms with Crippen LogP contribution in [0.25, 0.3) is 0 Å². The van der Waals surface area contributed by atoms with Gasteiger partial charge in [-0.1, -0.05) is 6.07 Å². The highest BCUT2D eigenvalue weighted by atomic mass is 16.6. The molecule has 1 amide bonds. The Labute approximate surface area is 139 Å². The number of hydrogen-bond acceptors (Lipinski definition) is 4. The van der Waals surface area contributed by atoms with E-state index in [0.717, 1.165) is 38.2 Å². The molecule has 128 valence electrons. The van der Waals surface area contributed by atoms with Crippen LogP contribution in [0.4, 0.5) is 4.79 Å². The summed E-state index contributed by atoms with van der Waals surface area (Å²) in [4.78, 5) is 18.4. The minimum atomic E-state index is -0.435. The van der Waals surface area contributed by atoms with Crippen molar-refractivity contribution in [2.24, 2.45) is 5.92 Å². The molecule has 5 heteroatoms. The van der Waals surface area contributed by atoms with Gasteiger partial charge in [0.25, 0.3) is 0 Å². The molecule has 0 aliphatic carbocycles. The fourth-order valence-electron chi connectivity index (χ4n) is 2.80. The first-order valence-corrected chi connectivity index (χ1v) is 8.47. The summed E-state index contributed by atoms with van der Waals surface area (Å²) in [5.41, 5.74) is 0.614. The zero-order chi connectivity index (χ0) is 16.9. The van der Waals surface area contributed by atoms with Crippen LogP contribution in [0, 0.1) is 5.92 Å². The summed E-state index contributed by atoms with van der Waals surface area (Å²) in [6.07, 6.45) is 3.79. The van der Waals surface area contributed by atoms with Gasteiger partial charge in [0.2, 0.25) is 0 Å². The van der Waals surface area contributed by atoms with E-state index >= 15 is 0 Å². The number of nitrogens with one attached hydrogen (secondary N) is 1. The van der Waals surface area contributed by atoms with E-state index in [4.69, 9.17) is 4.74 Å². The first-order valence-electron chi connectivity index (χ1n) is 8.47. The lowest BCUT2D eigenvalue weighted by atomic mass is 9.98. The highest BCUT2D eigenvalue weighted by molar-refractivity contribution is 5.68. The topological polar surface area (TPSA) is 54.5 Å². The standard InChI is InChI=1S/C18H29N3O2/c1-14(16-9-5-6-10-19-16)20-12-15-8-7-11-21(13-15)17(22)23-18(2,3)4/h5-6,9-10,14-15,20H,7-8,11-13H2,1-4H3/t14-,15?/m1/s1. The molecule has 2 heterocycles. The minimum Gasteiger partial charge on any atom is -0.444 e. The molecule has 23 heavy (non-hydrogen) atoms. The van der Waals surface area contributed by atoms with Gasteiger partial charge in [0.05, 0.1) is 5.69 Å². The molecule has 2 rings (SSSR count). The lowest BCUT2D eigenvalue weighted by molar-refractivity contribution is 0.0165. The molecule has 1 saturated heterocycles. The lowest BCUT2D eigenvalue weighted by Gasteiger charge is -2.34. The summed E-state index contributed by atoms with van der Waals surface area (Å²) < 4.78 is 5.48. The van der Waals surface area contributed by atoms with Crippen LogP contribution in [0.3, 0.4) is 0 Å². The number of hydrogen-bond donors (Lipinski definition) is 1. The van der Waals surface area contributed by atoms with Crippen molar-refractivity contribution in [1.82, 2.24) is 15.2 Å². The second kappa shape index (κ2) is 7.77. The average Bonchev–Trinajstić information content (AvgIpc) is 2.52. The molecule has 1 fully saturated rings. The number of ether oxygens (including phenoxy) is 1. The van der Waals surface area contributed by atoms with Gasteiger partial charge < -0.3 is 15.0 Å². The maximum Gasteiger partial charge on any atom is 0.410 e. The molecular weight excluding hydrogens is 290 g/mol. The Bertz CT molecular complexity index is 499. The number of nitrogens with zero attached hydrogens (tertiary/aromatic N) is 2. The summed E-state index contributed by atoms with van der Waals surface area (Å²) in [5, 5.41) is 3.54. The Hall–Kier alpha value is -1.62. The first-order chi connectivity index (χ1) is 10.8. The molecule has 1 aliphatic rings. The van der Waals surface area contributed by atoms with Gasteiger partial charge in [-0.25, -0.2) is 4.79 Å². The van der Waals surface area contributed by atoms with Crippen LogP contribution in [-0.2, 0) is 4.74 Å². The van der Waals surface area contributed by atoms with E-state index in [9.17, 15) is 4.79 Å². The Balaban J connectivity index is 1.81. The predicted molar refractivity (Wildman–Crippen MR) is 91.2 cm³/mol. The van der Waals surface area contributed by atoms with Crippen molar-refractivity contribution in [2.45, 2.75) is 52.2 Å². The third-order valence-corrected chi connectivity index (χ3v) is 4.01. The van der Waals surface area contributed by atoms with Crippen LogP contribution in [0.2, 0.25) is 0 Å². The Morgan fingerprint density at radius 3 is 2.91 bits per heavy atom. The van der Waals surface area contributed by atoms with Gasteiger partial charge in [-0.15, -0.1) is 0 Å². The second-order valence-corrected chi connectivity index (χ2v) is 7.32. The molecular formula is C18H29N3O2. The summed E-state index contributed by atoms with van der Waals surface area (Å²) in [6, 6.07) is 6.18. The third kappa shape index (κ3) is 5.82. The minimum absolute atomic E-state index is 0.194. The molecule has 1 unspecified atom stereocenters. The van der Waals surface area contributed by atoms with Crippen LogP contribution >= 0.6 is 0 Å². The summed E-state index contributed by atoms with van der Waals surface area (Å²) in [5.74, 6) is 0.461. The number of amides is 1. The van der Waals surface area contributed by atoms with Crippen molar-refractivity contribution in [1.29, 1.82) is 0 Å². The molecule has 5 nitrogen and oxygen atoms in total. The fourth-order valence-corrected chi connectivity index (χ4v) is 2.80. The van der Waals surface area contributed by atoms with Gasteiger partial charge in [0.15, 0.2) is 0 Å². The van der Waals surface area contributed by atoms with Crippen LogP contribution in [0.15, 0.2) is 24.4 Å². The molecule has 0 spiro atoms. The summed E-state index contributed by atoms with van der Waals surface area (Å²) in [7, 11) is 0. The number of aromatic nitrogens is 1. The number of carbonyl (C=O) groups is 1. The smallest absolute Gasteiger partial charge is 0.410 e. The van der Waals surface area contributed by atoms with Crippen molar-refractivity contribution in [3.8, 4) is 0 Å². The molecule has 0 aromatic carbocycles. The van der Waals surface area contributed by atoms with Gasteiger partial charge in [0.1, 0.15) is 5.60 Å². The van der Waals surface area contributed by atoms with Crippen molar-refractivity contribution in [2.75, 3.05) is 19.6 Å². The molecule has 1 N–H and O–H groups in total. The number of rotatable bonds is 4. The Kier molecular flexibility index (Phi) is 5.99. The summed E-state index contributed by atoms with van der Waals surface area (Å²) >= 11 is 0. The first kappa shape index (κ1) is 17.7. The number of carbonyl (C=O) groups excluding carboxylic acids is 1. The van der Waals surface area contributed by atoms with Crippen LogP contribution in [-0.4, -0.2) is 41.2 Å². The molecule has 1 aliphatic heterocycles. The van der Waals surface area contributed by atoms with Gasteiger partial charge in [-0.05, 0) is 58.6 Å². The molecule has 1 aromatic heterocycles. The molecule has 1 aromatic rings. The number of pyridine rings is 1. The monoisotopic (exact) mass is 319 g/mol. The van der Waals surface area contributed by atoms with Crippen LogP contribution in [0.1, 0.15) is 52.3 Å². The van der Waals surface area contributed by atoms with Crippen LogP contribution < -0.4 is 5.32 Å². The van der Waals surface area contributed by atoms with E-state index < -0.39 is 5.60 Å². The fraction of sp³-hybridized carbons (Fsp3) is 0.667. The van der Waals surface area contributed by atoms with Gasteiger partial charge in [-0.3, -0.25) is 4.98 Å². The molecule has 0 bridgehead atoms. The van der Waals surface area contributed by atoms with Gasteiger partial charge >= 0.3 is 6.09 Å². The van der Waals surface area contributed by atoms with Crippen molar-refractivity contribution in [3.05, 3.63) is 30.1 Å². The molecule has 0 radical (unpaired) electrons. The highest BCUT2D eigenvalue weighted by Gasteiger charge is 2.27. The SMILES string of the molecule is C[C@@H](NCC1CCCN(C(=O)OC(C)(C)C)C1)c1ccccn1. The third-order valence-electron chi connectivity index (χ3n) is 4.01. The summed E-state index contributed by atoms with van der Waals surface area (Å²) in [6.45, 7) is 10.3. The van der Waals surface area contributed by atoms with Crippen molar-refractivity contribution >= 4 is 6.09 Å². The Morgan fingerprint density at radius 2 is 2.26 bits per heavy atom. The zero-order valence-electron chi connectivity index (χ0n) is 14.7. The number of piperidine rings is 1. The van der Waals surface area contributed by atoms with E-state index in [1.54, 1.807) is 0 Å². The van der Waals surface area contributed by atoms with Gasteiger partial charge in [-0.2, -0.15) is 0 Å². The highest BCUT2D eigenvalue weighted by Crippen LogP contribution is 2.20. The zero-order valence-corrected chi connectivity index (χ0v) is 14.7. The Morgan fingerprint density at radius 1 is 1.48 bits per heavy atom. The van der Waals surface area contributed by atoms with E-state index in [-0.39, 0.29) is 12.1 Å². The largest absolute Gasteiger partial charge is 0.444 e. The van der Waals surface area contributed by atoms with Crippen molar-refractivity contribution in [3.63, 3.8) is 0 Å². The molecule has 0 saturated carbocycles. The normalized spacial score (nSPS) is 20.2. The van der Waals surface area contributed by atoms with Crippen molar-refractivity contribution < 1.29 is 9.53 Å². The van der Waals surface area contributed by atoms with E-state index in [0.29, 0.717) is 5.92 Å². The molecule has 2 atom stereocenters. The maximum atomic E-state index is 12.2.